The summed E-state index contributed by atoms with van der Waals surface area (Å²) in [5, 5.41) is 10.6. The van der Waals surface area contributed by atoms with Gasteiger partial charge in [0.1, 0.15) is 5.60 Å². The van der Waals surface area contributed by atoms with E-state index in [0.29, 0.717) is 85.6 Å². The van der Waals surface area contributed by atoms with Gasteiger partial charge in [-0.15, -0.1) is 0 Å². The molecule has 0 saturated heterocycles. The van der Waals surface area contributed by atoms with Crippen LogP contribution in [0.3, 0.4) is 0 Å². The maximum absolute atomic E-state index is 11.8. The maximum Gasteiger partial charge on any atom is 0.407 e. The highest BCUT2D eigenvalue weighted by Gasteiger charge is 2.17. The molecule has 0 aliphatic heterocycles. The van der Waals surface area contributed by atoms with Crippen molar-refractivity contribution in [3.63, 3.8) is 0 Å². The van der Waals surface area contributed by atoms with Gasteiger partial charge in [0.2, 0.25) is 17.7 Å². The first kappa shape index (κ1) is 39.0. The van der Waals surface area contributed by atoms with Gasteiger partial charge in [-0.1, -0.05) is 0 Å². The lowest BCUT2D eigenvalue weighted by Crippen LogP contribution is -2.31. The third-order valence-corrected chi connectivity index (χ3v) is 4.80. The standard InChI is InChI=1S/C27H50N4O11/c1-5-41-26(36)31-13-17-40-21-20-38-15-11-29-23(33)7-6-22(32)28-10-14-37-18-19-39-16-12-30-24(34)8-9-25(35)42-27(2,3)4/h5-21H2,1-4H3,(H,28,32)(H,29,33)(H,30,34)(H,31,36). The second kappa shape index (κ2) is 25.7. The number of esters is 1. The number of amides is 4. The first-order chi connectivity index (χ1) is 20.0. The number of alkyl carbamates (subject to hydrolysis) is 1. The largest absolute Gasteiger partial charge is 0.460 e. The van der Waals surface area contributed by atoms with Crippen molar-refractivity contribution in [2.45, 2.75) is 59.0 Å². The molecule has 0 rings (SSSR count). The van der Waals surface area contributed by atoms with E-state index in [2.05, 4.69) is 21.3 Å². The Hall–Kier alpha value is -3.01. The Kier molecular flexibility index (Phi) is 23.8. The second-order valence-electron chi connectivity index (χ2n) is 9.73. The SMILES string of the molecule is CCOC(=O)NCCOCCOCCNC(=O)CCC(=O)NCCOCCOCCNC(=O)CCC(=O)OC(C)(C)C. The minimum Gasteiger partial charge on any atom is -0.460 e. The summed E-state index contributed by atoms with van der Waals surface area (Å²) in [7, 11) is 0. The van der Waals surface area contributed by atoms with E-state index < -0.39 is 17.7 Å². The van der Waals surface area contributed by atoms with Crippen molar-refractivity contribution in [3.8, 4) is 0 Å². The van der Waals surface area contributed by atoms with Gasteiger partial charge in [-0.3, -0.25) is 19.2 Å². The van der Waals surface area contributed by atoms with Gasteiger partial charge in [0.25, 0.3) is 0 Å². The third-order valence-electron chi connectivity index (χ3n) is 4.80. The monoisotopic (exact) mass is 606 g/mol. The molecule has 0 atom stereocenters. The fourth-order valence-electron chi connectivity index (χ4n) is 2.94. The minimum absolute atomic E-state index is 0.0242. The number of ether oxygens (including phenoxy) is 6. The van der Waals surface area contributed by atoms with Crippen molar-refractivity contribution < 1.29 is 52.4 Å². The summed E-state index contributed by atoms with van der Waals surface area (Å²) in [5.41, 5.74) is -0.572. The van der Waals surface area contributed by atoms with Gasteiger partial charge in [0.05, 0.1) is 65.9 Å². The molecule has 0 aliphatic rings. The van der Waals surface area contributed by atoms with E-state index in [9.17, 15) is 24.0 Å². The van der Waals surface area contributed by atoms with E-state index in [1.165, 1.54) is 0 Å². The maximum atomic E-state index is 11.8. The van der Waals surface area contributed by atoms with Gasteiger partial charge < -0.3 is 49.7 Å². The normalized spacial score (nSPS) is 11.0. The lowest BCUT2D eigenvalue weighted by atomic mass is 10.2. The average molecular weight is 607 g/mol. The van der Waals surface area contributed by atoms with Gasteiger partial charge in [-0.2, -0.15) is 0 Å². The van der Waals surface area contributed by atoms with Crippen molar-refractivity contribution >= 4 is 29.8 Å². The molecular weight excluding hydrogens is 556 g/mol. The number of rotatable bonds is 25. The number of carbonyl (C=O) groups is 5. The molecule has 0 aromatic rings. The summed E-state index contributed by atoms with van der Waals surface area (Å²) >= 11 is 0. The van der Waals surface area contributed by atoms with Gasteiger partial charge in [-0.05, 0) is 27.7 Å². The molecule has 4 amide bonds. The predicted molar refractivity (Wildman–Crippen MR) is 152 cm³/mol. The van der Waals surface area contributed by atoms with Crippen LogP contribution in [0.25, 0.3) is 0 Å². The molecule has 42 heavy (non-hydrogen) atoms. The van der Waals surface area contributed by atoms with Crippen molar-refractivity contribution in [3.05, 3.63) is 0 Å². The highest BCUT2D eigenvalue weighted by molar-refractivity contribution is 5.83. The summed E-state index contributed by atoms with van der Waals surface area (Å²) in [4.78, 5) is 58.1. The Morgan fingerprint density at radius 3 is 1.24 bits per heavy atom. The first-order valence-electron chi connectivity index (χ1n) is 14.3. The molecule has 15 nitrogen and oxygen atoms in total. The molecule has 0 spiro atoms. The molecule has 0 aromatic heterocycles. The fraction of sp³-hybridized carbons (Fsp3) is 0.815. The zero-order valence-electron chi connectivity index (χ0n) is 25.5. The molecule has 0 bridgehead atoms. The van der Waals surface area contributed by atoms with Crippen molar-refractivity contribution in [1.82, 2.24) is 21.3 Å². The van der Waals surface area contributed by atoms with Crippen LogP contribution in [0, 0.1) is 0 Å². The summed E-state index contributed by atoms with van der Waals surface area (Å²) in [6.45, 7) is 11.2. The van der Waals surface area contributed by atoms with Gasteiger partial charge in [-0.25, -0.2) is 4.79 Å². The van der Waals surface area contributed by atoms with Crippen LogP contribution < -0.4 is 21.3 Å². The lowest BCUT2D eigenvalue weighted by molar-refractivity contribution is -0.155. The number of carbonyl (C=O) groups excluding carboxylic acids is 5. The third kappa shape index (κ3) is 28.5. The predicted octanol–water partition coefficient (Wildman–Crippen LogP) is 0.0496. The zero-order valence-corrected chi connectivity index (χ0v) is 25.5. The minimum atomic E-state index is -0.572. The number of hydrogen-bond donors (Lipinski definition) is 4. The van der Waals surface area contributed by atoms with E-state index in [4.69, 9.17) is 28.4 Å². The number of hydrogen-bond acceptors (Lipinski definition) is 11. The quantitative estimate of drug-likeness (QED) is 0.0812. The van der Waals surface area contributed by atoms with Crippen molar-refractivity contribution in [1.29, 1.82) is 0 Å². The molecule has 15 heteroatoms. The summed E-state index contributed by atoms with van der Waals surface area (Å²) in [6, 6.07) is 0. The van der Waals surface area contributed by atoms with Crippen LogP contribution in [0.5, 0.6) is 0 Å². The average Bonchev–Trinajstić information content (AvgIpc) is 2.92. The molecule has 0 radical (unpaired) electrons. The Labute approximate surface area is 248 Å². The molecule has 0 aliphatic carbocycles. The van der Waals surface area contributed by atoms with Gasteiger partial charge >= 0.3 is 12.1 Å². The van der Waals surface area contributed by atoms with Gasteiger partial charge in [0, 0.05) is 45.4 Å². The van der Waals surface area contributed by atoms with E-state index in [1.54, 1.807) is 27.7 Å². The highest BCUT2D eigenvalue weighted by Crippen LogP contribution is 2.08. The van der Waals surface area contributed by atoms with Crippen LogP contribution >= 0.6 is 0 Å². The van der Waals surface area contributed by atoms with Crippen LogP contribution in [-0.2, 0) is 47.6 Å². The molecule has 244 valence electrons. The van der Waals surface area contributed by atoms with Crippen LogP contribution in [-0.4, -0.2) is 121 Å². The van der Waals surface area contributed by atoms with Gasteiger partial charge in [0.15, 0.2) is 0 Å². The Balaban J connectivity index is 3.46. The Bertz CT molecular complexity index is 776. The van der Waals surface area contributed by atoms with E-state index in [0.717, 1.165) is 0 Å². The van der Waals surface area contributed by atoms with E-state index in [1.807, 2.05) is 0 Å². The van der Waals surface area contributed by atoms with Crippen LogP contribution in [0.4, 0.5) is 4.79 Å². The van der Waals surface area contributed by atoms with Crippen LogP contribution in [0.2, 0.25) is 0 Å². The summed E-state index contributed by atoms with van der Waals surface area (Å²) in [6.07, 6.45) is -0.273. The lowest BCUT2D eigenvalue weighted by Gasteiger charge is -2.19. The van der Waals surface area contributed by atoms with Crippen molar-refractivity contribution in [2.75, 3.05) is 85.6 Å². The smallest absolute Gasteiger partial charge is 0.407 e. The Morgan fingerprint density at radius 1 is 0.524 bits per heavy atom. The molecule has 0 aromatic carbocycles. The van der Waals surface area contributed by atoms with Crippen LogP contribution in [0.15, 0.2) is 0 Å². The molecule has 0 saturated carbocycles. The summed E-state index contributed by atoms with van der Waals surface area (Å²) in [5.74, 6) is -1.16. The van der Waals surface area contributed by atoms with E-state index >= 15 is 0 Å². The second-order valence-corrected chi connectivity index (χ2v) is 9.73. The fourth-order valence-corrected chi connectivity index (χ4v) is 2.94. The van der Waals surface area contributed by atoms with Crippen molar-refractivity contribution in [2.24, 2.45) is 0 Å². The molecular formula is C27H50N4O11. The van der Waals surface area contributed by atoms with E-state index in [-0.39, 0.29) is 43.4 Å². The zero-order chi connectivity index (χ0) is 31.5. The molecule has 0 fully saturated rings. The molecule has 0 heterocycles. The Morgan fingerprint density at radius 2 is 0.881 bits per heavy atom. The summed E-state index contributed by atoms with van der Waals surface area (Å²) < 4.78 is 31.2. The highest BCUT2D eigenvalue weighted by atomic mass is 16.6. The topological polar surface area (TPSA) is 189 Å². The first-order valence-corrected chi connectivity index (χ1v) is 14.3. The molecule has 0 unspecified atom stereocenters. The molecule has 4 N–H and O–H groups in total. The van der Waals surface area contributed by atoms with Crippen LogP contribution in [0.1, 0.15) is 53.4 Å². The number of nitrogens with one attached hydrogen (secondary N) is 4.